The van der Waals surface area contributed by atoms with Crippen LogP contribution in [0.5, 0.6) is 0 Å². The van der Waals surface area contributed by atoms with Gasteiger partial charge in [0.1, 0.15) is 5.69 Å². The van der Waals surface area contributed by atoms with Crippen molar-refractivity contribution in [3.63, 3.8) is 0 Å². The molecule has 7 nitrogen and oxygen atoms in total. The predicted octanol–water partition coefficient (Wildman–Crippen LogP) is 3.17. The molecule has 0 fully saturated rings. The number of pyridine rings is 1. The van der Waals surface area contributed by atoms with E-state index in [1.807, 2.05) is 36.9 Å². The van der Waals surface area contributed by atoms with Gasteiger partial charge in [0.2, 0.25) is 0 Å². The van der Waals surface area contributed by atoms with Crippen LogP contribution >= 0.6 is 0 Å². The number of carbonyl (C=O) groups excluding carboxylic acids is 1. The molecule has 174 valence electrons. The van der Waals surface area contributed by atoms with Crippen molar-refractivity contribution in [1.29, 1.82) is 0 Å². The molecule has 0 bridgehead atoms. The van der Waals surface area contributed by atoms with E-state index in [1.165, 1.54) is 11.1 Å². The average Bonchev–Trinajstić information content (AvgIpc) is 3.38. The third kappa shape index (κ3) is 5.49. The minimum Gasteiger partial charge on any atom is -0.391 e. The largest absolute Gasteiger partial charge is 0.391 e. The molecular weight excluding hydrogens is 414 g/mol. The van der Waals surface area contributed by atoms with Crippen molar-refractivity contribution in [3.05, 3.63) is 76.9 Å². The number of fused-ring (bicyclic) bond motifs is 1. The lowest BCUT2D eigenvalue weighted by atomic mass is 9.94. The Kier molecular flexibility index (Phi) is 7.52. The van der Waals surface area contributed by atoms with E-state index in [2.05, 4.69) is 45.0 Å². The monoisotopic (exact) mass is 447 g/mol. The number of hydrogen-bond acceptors (Lipinski definition) is 5. The number of hydrogen-bond donors (Lipinski definition) is 3. The zero-order chi connectivity index (χ0) is 23.2. The zero-order valence-electron chi connectivity index (χ0n) is 19.4. The third-order valence-electron chi connectivity index (χ3n) is 6.28. The van der Waals surface area contributed by atoms with Crippen LogP contribution in [0.1, 0.15) is 66.0 Å². The highest BCUT2D eigenvalue weighted by Crippen LogP contribution is 2.23. The molecular formula is C26H33N5O2. The van der Waals surface area contributed by atoms with E-state index in [0.29, 0.717) is 25.1 Å². The molecule has 1 aliphatic rings. The van der Waals surface area contributed by atoms with Gasteiger partial charge in [0.15, 0.2) is 0 Å². The van der Waals surface area contributed by atoms with E-state index in [0.717, 1.165) is 42.8 Å². The predicted molar refractivity (Wildman–Crippen MR) is 128 cm³/mol. The summed E-state index contributed by atoms with van der Waals surface area (Å²) < 4.78 is 1.84. The summed E-state index contributed by atoms with van der Waals surface area (Å²) in [5.41, 5.74) is 5.93. The van der Waals surface area contributed by atoms with Gasteiger partial charge in [0, 0.05) is 18.9 Å². The molecule has 0 saturated heterocycles. The fourth-order valence-corrected chi connectivity index (χ4v) is 4.45. The molecule has 2 aromatic heterocycles. The summed E-state index contributed by atoms with van der Waals surface area (Å²) in [6, 6.07) is 11.9. The molecule has 33 heavy (non-hydrogen) atoms. The highest BCUT2D eigenvalue weighted by atomic mass is 16.3. The average molecular weight is 448 g/mol. The Morgan fingerprint density at radius 2 is 2.09 bits per heavy atom. The highest BCUT2D eigenvalue weighted by molar-refractivity contribution is 5.93. The first-order chi connectivity index (χ1) is 16.1. The lowest BCUT2D eigenvalue weighted by Gasteiger charge is -2.24. The van der Waals surface area contributed by atoms with Crippen molar-refractivity contribution in [3.8, 4) is 5.69 Å². The smallest absolute Gasteiger partial charge is 0.270 e. The van der Waals surface area contributed by atoms with Crippen molar-refractivity contribution in [1.82, 2.24) is 25.4 Å². The Balaban J connectivity index is 1.57. The van der Waals surface area contributed by atoms with E-state index in [4.69, 9.17) is 0 Å². The first-order valence-electron chi connectivity index (χ1n) is 11.9. The number of rotatable bonds is 9. The molecule has 0 spiro atoms. The van der Waals surface area contributed by atoms with Crippen LogP contribution in [0.4, 0.5) is 0 Å². The fourth-order valence-electron chi connectivity index (χ4n) is 4.45. The van der Waals surface area contributed by atoms with Gasteiger partial charge in [0.05, 0.1) is 23.5 Å². The van der Waals surface area contributed by atoms with Crippen LogP contribution in [0.25, 0.3) is 5.69 Å². The summed E-state index contributed by atoms with van der Waals surface area (Å²) in [5, 5.41) is 21.0. The van der Waals surface area contributed by atoms with E-state index >= 15 is 0 Å². The summed E-state index contributed by atoms with van der Waals surface area (Å²) in [5.74, 6) is -0.222. The van der Waals surface area contributed by atoms with Crippen LogP contribution in [0.2, 0.25) is 0 Å². The highest BCUT2D eigenvalue weighted by Gasteiger charge is 2.23. The summed E-state index contributed by atoms with van der Waals surface area (Å²) in [6.45, 7) is 5.58. The molecule has 3 aromatic rings. The number of nitrogens with zero attached hydrogens (tertiary/aromatic N) is 3. The molecule has 4 rings (SSSR count). The molecule has 1 aromatic carbocycles. The van der Waals surface area contributed by atoms with Gasteiger partial charge in [-0.2, -0.15) is 5.10 Å². The van der Waals surface area contributed by atoms with Crippen LogP contribution < -0.4 is 10.6 Å². The topological polar surface area (TPSA) is 92.1 Å². The van der Waals surface area contributed by atoms with Gasteiger partial charge in [-0.1, -0.05) is 32.4 Å². The number of aliphatic hydroxyl groups excluding tert-OH is 1. The van der Waals surface area contributed by atoms with Crippen molar-refractivity contribution in [2.24, 2.45) is 0 Å². The number of aliphatic hydroxyl groups is 1. The van der Waals surface area contributed by atoms with Crippen molar-refractivity contribution < 1.29 is 9.90 Å². The Bertz CT molecular complexity index is 1060. The molecule has 0 saturated carbocycles. The molecule has 3 N–H and O–H groups in total. The van der Waals surface area contributed by atoms with Gasteiger partial charge in [-0.25, -0.2) is 9.67 Å². The Morgan fingerprint density at radius 3 is 2.79 bits per heavy atom. The van der Waals surface area contributed by atoms with Crippen LogP contribution in [0.15, 0.2) is 48.8 Å². The van der Waals surface area contributed by atoms with Gasteiger partial charge < -0.3 is 15.7 Å². The van der Waals surface area contributed by atoms with Crippen molar-refractivity contribution in [2.45, 2.75) is 64.6 Å². The van der Waals surface area contributed by atoms with Crippen LogP contribution in [0.3, 0.4) is 0 Å². The summed E-state index contributed by atoms with van der Waals surface area (Å²) >= 11 is 0. The minimum absolute atomic E-state index is 0.222. The first kappa shape index (κ1) is 23.1. The van der Waals surface area contributed by atoms with E-state index in [9.17, 15) is 9.90 Å². The quantitative estimate of drug-likeness (QED) is 0.469. The zero-order valence-corrected chi connectivity index (χ0v) is 19.4. The molecule has 0 radical (unpaired) electrons. The van der Waals surface area contributed by atoms with Crippen LogP contribution in [-0.4, -0.2) is 44.5 Å². The molecule has 2 unspecified atom stereocenters. The molecule has 1 amide bonds. The van der Waals surface area contributed by atoms with Gasteiger partial charge in [-0.05, 0) is 73.2 Å². The Hall–Kier alpha value is -3.03. The number of benzene rings is 1. The Labute approximate surface area is 195 Å². The molecule has 0 aliphatic carbocycles. The standard InChI is InChI=1S/C26H33N5O2/c1-3-6-25(32)22(4-2)30-26(33)23-16-19(21-11-13-27-17-24(21)29-23)15-18-7-9-20(10-8-18)31-14-5-12-28-31/h5,7-10,12,14,16,22,25,27,32H,3-4,6,11,13,15,17H2,1-2H3,(H,30,33). The van der Waals surface area contributed by atoms with Crippen molar-refractivity contribution >= 4 is 5.91 Å². The lowest BCUT2D eigenvalue weighted by Crippen LogP contribution is -2.43. The lowest BCUT2D eigenvalue weighted by molar-refractivity contribution is 0.0802. The number of carbonyl (C=O) groups is 1. The fraction of sp³-hybridized carbons (Fsp3) is 0.423. The number of aromatic nitrogens is 3. The number of amides is 1. The first-order valence-corrected chi connectivity index (χ1v) is 11.9. The van der Waals surface area contributed by atoms with Gasteiger partial charge in [-0.15, -0.1) is 0 Å². The maximum atomic E-state index is 13.1. The van der Waals surface area contributed by atoms with Crippen LogP contribution in [-0.2, 0) is 19.4 Å². The van der Waals surface area contributed by atoms with Crippen molar-refractivity contribution in [2.75, 3.05) is 6.54 Å². The SMILES string of the molecule is CCCC(O)C(CC)NC(=O)c1cc(Cc2ccc(-n3cccn3)cc2)c2c(n1)CNCC2. The summed E-state index contributed by atoms with van der Waals surface area (Å²) in [4.78, 5) is 17.8. The minimum atomic E-state index is -0.545. The molecule has 3 heterocycles. The van der Waals surface area contributed by atoms with Gasteiger partial charge in [0.25, 0.3) is 5.91 Å². The molecule has 1 aliphatic heterocycles. The second-order valence-electron chi connectivity index (χ2n) is 8.66. The van der Waals surface area contributed by atoms with E-state index in [-0.39, 0.29) is 11.9 Å². The summed E-state index contributed by atoms with van der Waals surface area (Å²) in [7, 11) is 0. The third-order valence-corrected chi connectivity index (χ3v) is 6.28. The van der Waals surface area contributed by atoms with Gasteiger partial charge >= 0.3 is 0 Å². The number of nitrogens with one attached hydrogen (secondary N) is 2. The van der Waals surface area contributed by atoms with E-state index in [1.54, 1.807) is 6.20 Å². The molecule has 2 atom stereocenters. The normalized spacial score (nSPS) is 15.0. The van der Waals surface area contributed by atoms with Crippen LogP contribution in [0, 0.1) is 0 Å². The molecule has 7 heteroatoms. The van der Waals surface area contributed by atoms with E-state index < -0.39 is 6.10 Å². The second-order valence-corrected chi connectivity index (χ2v) is 8.66. The summed E-state index contributed by atoms with van der Waals surface area (Å²) in [6.07, 6.45) is 7.00. The second kappa shape index (κ2) is 10.7. The van der Waals surface area contributed by atoms with Gasteiger partial charge in [-0.3, -0.25) is 4.79 Å². The Morgan fingerprint density at radius 1 is 1.27 bits per heavy atom. The maximum Gasteiger partial charge on any atom is 0.270 e. The maximum absolute atomic E-state index is 13.1.